The average Bonchev–Trinajstić information content (AvgIpc) is 3.86. The van der Waals surface area contributed by atoms with Gasteiger partial charge in [0.1, 0.15) is 23.1 Å². The van der Waals surface area contributed by atoms with Crippen LogP contribution in [-0.2, 0) is 35.3 Å². The number of aliphatic hydroxyl groups is 2. The second-order valence-corrected chi connectivity index (χ2v) is 18.4. The van der Waals surface area contributed by atoms with Crippen LogP contribution in [0, 0.1) is 23.7 Å². The maximum absolute atomic E-state index is 14.5. The third-order valence-corrected chi connectivity index (χ3v) is 14.1. The molecule has 10 heteroatoms. The van der Waals surface area contributed by atoms with E-state index < -0.39 is 24.1 Å². The van der Waals surface area contributed by atoms with Gasteiger partial charge < -0.3 is 29.9 Å². The Morgan fingerprint density at radius 1 is 0.618 bits per heavy atom. The van der Waals surface area contributed by atoms with Crippen LogP contribution in [0.4, 0.5) is 0 Å². The van der Waals surface area contributed by atoms with Crippen molar-refractivity contribution in [3.05, 3.63) is 179 Å². The molecule has 7 atom stereocenters. The fourth-order valence-corrected chi connectivity index (χ4v) is 10.3. The summed E-state index contributed by atoms with van der Waals surface area (Å²) in [5.41, 5.74) is 5.05. The first-order valence-electron chi connectivity index (χ1n) is 23.5. The number of methoxy groups -OCH3 is 2. The van der Waals surface area contributed by atoms with Crippen molar-refractivity contribution in [2.24, 2.45) is 23.7 Å². The quantitative estimate of drug-likeness (QED) is 0.0574. The minimum absolute atomic E-state index is 0.00151. The molecular weight excluding hydrogens is 857 g/mol. The van der Waals surface area contributed by atoms with E-state index in [1.54, 1.807) is 68.8 Å². The summed E-state index contributed by atoms with van der Waals surface area (Å²) in [6.07, 6.45) is 10.9. The molecule has 0 amide bonds. The molecule has 0 heterocycles. The van der Waals surface area contributed by atoms with Gasteiger partial charge in [-0.1, -0.05) is 91.0 Å². The van der Waals surface area contributed by atoms with Gasteiger partial charge in [0.2, 0.25) is 0 Å². The molecule has 2 aliphatic carbocycles. The van der Waals surface area contributed by atoms with Crippen molar-refractivity contribution in [2.75, 3.05) is 14.2 Å². The fourth-order valence-electron chi connectivity index (χ4n) is 10.3. The summed E-state index contributed by atoms with van der Waals surface area (Å²) in [5.74, 6) is -1.23. The van der Waals surface area contributed by atoms with Crippen LogP contribution in [0.2, 0.25) is 0 Å². The van der Waals surface area contributed by atoms with E-state index in [1.165, 1.54) is 0 Å². The van der Waals surface area contributed by atoms with Crippen LogP contribution < -0.4 is 9.47 Å². The molecule has 68 heavy (non-hydrogen) atoms. The van der Waals surface area contributed by atoms with Crippen molar-refractivity contribution >= 4 is 45.0 Å². The molecule has 0 aromatic heterocycles. The number of ketones is 2. The number of carbonyl (C=O) groups is 4. The predicted molar refractivity (Wildman–Crippen MR) is 263 cm³/mol. The van der Waals surface area contributed by atoms with E-state index in [0.29, 0.717) is 57.1 Å². The SMILES string of the molecule is COc1ccc2ccc(CC(O)C=CC3CC(c4ccc5cc(OC)c(CC(O)C=CC6CCC(=O)C6CCc6ccc(C(=O)O)cc6)cc5c4)C(=O)C3CCc3ccc(C(=O)O)cc3)cc2c1. The van der Waals surface area contributed by atoms with Crippen LogP contribution in [-0.4, -0.2) is 70.4 Å². The van der Waals surface area contributed by atoms with Gasteiger partial charge in [0.15, 0.2) is 0 Å². The molecule has 0 radical (unpaired) electrons. The zero-order valence-corrected chi connectivity index (χ0v) is 38.4. The molecule has 2 fully saturated rings. The molecule has 8 rings (SSSR count). The number of Topliss-reactive ketones (excluding diaryl/α,β-unsaturated/α-hetero) is 2. The summed E-state index contributed by atoms with van der Waals surface area (Å²) in [6.45, 7) is 0. The number of aryl methyl sites for hydroxylation is 2. The maximum atomic E-state index is 14.5. The van der Waals surface area contributed by atoms with Gasteiger partial charge in [-0.3, -0.25) is 9.59 Å². The molecule has 7 unspecified atom stereocenters. The van der Waals surface area contributed by atoms with Gasteiger partial charge in [0.05, 0.1) is 37.6 Å². The van der Waals surface area contributed by atoms with Gasteiger partial charge >= 0.3 is 11.9 Å². The Labute approximate surface area is 396 Å². The van der Waals surface area contributed by atoms with Crippen molar-refractivity contribution in [2.45, 2.75) is 75.9 Å². The monoisotopic (exact) mass is 914 g/mol. The number of carboxylic acids is 2. The highest BCUT2D eigenvalue weighted by atomic mass is 16.5. The van der Waals surface area contributed by atoms with E-state index in [-0.39, 0.29) is 58.7 Å². The number of rotatable bonds is 19. The number of aromatic carboxylic acids is 2. The molecule has 4 N–H and O–H groups in total. The van der Waals surface area contributed by atoms with Crippen molar-refractivity contribution in [1.82, 2.24) is 0 Å². The first-order chi connectivity index (χ1) is 32.8. The smallest absolute Gasteiger partial charge is 0.335 e. The van der Waals surface area contributed by atoms with E-state index in [4.69, 9.17) is 9.47 Å². The lowest BCUT2D eigenvalue weighted by atomic mass is 9.88. The van der Waals surface area contributed by atoms with E-state index in [1.807, 2.05) is 72.8 Å². The lowest BCUT2D eigenvalue weighted by Crippen LogP contribution is -2.17. The van der Waals surface area contributed by atoms with Crippen LogP contribution >= 0.6 is 0 Å². The summed E-state index contributed by atoms with van der Waals surface area (Å²) < 4.78 is 11.2. The number of allylic oxidation sites excluding steroid dienone is 2. The minimum Gasteiger partial charge on any atom is -0.497 e. The topological polar surface area (TPSA) is 168 Å². The number of carboxylic acid groups (broad SMARTS) is 2. The highest BCUT2D eigenvalue weighted by molar-refractivity contribution is 5.93. The highest BCUT2D eigenvalue weighted by Crippen LogP contribution is 2.44. The number of carbonyl (C=O) groups excluding carboxylic acids is 2. The molecule has 0 aliphatic heterocycles. The Morgan fingerprint density at radius 2 is 1.21 bits per heavy atom. The second-order valence-electron chi connectivity index (χ2n) is 18.4. The molecule has 6 aromatic rings. The number of aliphatic hydroxyl groups excluding tert-OH is 2. The number of hydrogen-bond donors (Lipinski definition) is 4. The largest absolute Gasteiger partial charge is 0.497 e. The van der Waals surface area contributed by atoms with Crippen LogP contribution in [0.15, 0.2) is 140 Å². The predicted octanol–water partition coefficient (Wildman–Crippen LogP) is 10.2. The van der Waals surface area contributed by atoms with Crippen molar-refractivity contribution < 1.29 is 49.1 Å². The van der Waals surface area contributed by atoms with E-state index in [2.05, 4.69) is 12.1 Å². The number of hydrogen-bond acceptors (Lipinski definition) is 8. The van der Waals surface area contributed by atoms with E-state index in [9.17, 15) is 39.6 Å². The lowest BCUT2D eigenvalue weighted by Gasteiger charge is -2.17. The van der Waals surface area contributed by atoms with Gasteiger partial charge in [-0.05, 0) is 148 Å². The van der Waals surface area contributed by atoms with Crippen LogP contribution in [0.1, 0.15) is 86.6 Å². The molecule has 0 saturated heterocycles. The number of benzene rings is 6. The van der Waals surface area contributed by atoms with Gasteiger partial charge in [-0.15, -0.1) is 0 Å². The molecular formula is C58H58O10. The molecule has 2 saturated carbocycles. The highest BCUT2D eigenvalue weighted by Gasteiger charge is 2.41. The van der Waals surface area contributed by atoms with E-state index in [0.717, 1.165) is 55.1 Å². The lowest BCUT2D eigenvalue weighted by molar-refractivity contribution is -0.122. The minimum atomic E-state index is -0.990. The summed E-state index contributed by atoms with van der Waals surface area (Å²) in [6, 6.07) is 35.6. The Kier molecular flexibility index (Phi) is 15.0. The first-order valence-corrected chi connectivity index (χ1v) is 23.5. The molecule has 10 nitrogen and oxygen atoms in total. The van der Waals surface area contributed by atoms with Gasteiger partial charge in [0, 0.05) is 37.0 Å². The third-order valence-electron chi connectivity index (χ3n) is 14.1. The Bertz CT molecular complexity index is 2860. The Hall–Kier alpha value is -6.88. The fraction of sp³-hybridized carbons (Fsp3) is 0.310. The second kappa shape index (κ2) is 21.4. The standard InChI is InChI=1S/C58H58O10/c1-67-50-23-19-38-10-7-37(27-45(38)32-50)28-48(59)22-18-44-33-53(56(62)52(44)25-9-36-5-13-41(14-6-36)58(65)66)43-16-15-42-34-55(68-2)47(30-46(42)29-43)31-49(60)21-17-39-20-26-54(61)51(39)24-8-35-3-11-40(12-4-35)57(63)64/h3-7,10-19,21-23,27,29-30,32,34,39,44,48-49,51-53,59-60H,8-9,20,24-26,28,31,33H2,1-2H3,(H,63,64)(H,65,66). The number of fused-ring (bicyclic) bond motifs is 2. The van der Waals surface area contributed by atoms with Crippen LogP contribution in [0.5, 0.6) is 11.5 Å². The summed E-state index contributed by atoms with van der Waals surface area (Å²) in [5, 5.41) is 45.2. The Balaban J connectivity index is 0.975. The summed E-state index contributed by atoms with van der Waals surface area (Å²) in [7, 11) is 3.24. The summed E-state index contributed by atoms with van der Waals surface area (Å²) >= 11 is 0. The first kappa shape index (κ1) is 47.6. The van der Waals surface area contributed by atoms with Gasteiger partial charge in [-0.2, -0.15) is 0 Å². The molecule has 2 aliphatic rings. The molecule has 6 aromatic carbocycles. The maximum Gasteiger partial charge on any atom is 0.335 e. The number of ether oxygens (including phenoxy) is 2. The van der Waals surface area contributed by atoms with Crippen molar-refractivity contribution in [1.29, 1.82) is 0 Å². The molecule has 0 bridgehead atoms. The average molecular weight is 915 g/mol. The van der Waals surface area contributed by atoms with E-state index >= 15 is 0 Å². The molecule has 350 valence electrons. The summed E-state index contributed by atoms with van der Waals surface area (Å²) in [4.78, 5) is 50.2. The van der Waals surface area contributed by atoms with Crippen molar-refractivity contribution in [3.63, 3.8) is 0 Å². The van der Waals surface area contributed by atoms with Crippen molar-refractivity contribution in [3.8, 4) is 11.5 Å². The van der Waals surface area contributed by atoms with Crippen LogP contribution in [0.25, 0.3) is 21.5 Å². The van der Waals surface area contributed by atoms with Crippen LogP contribution in [0.3, 0.4) is 0 Å². The van der Waals surface area contributed by atoms with Gasteiger partial charge in [0.25, 0.3) is 0 Å². The Morgan fingerprint density at radius 3 is 1.85 bits per heavy atom. The zero-order valence-electron chi connectivity index (χ0n) is 38.4. The molecule has 0 spiro atoms. The van der Waals surface area contributed by atoms with Gasteiger partial charge in [-0.25, -0.2) is 9.59 Å². The normalized spacial score (nSPS) is 20.4. The zero-order chi connectivity index (χ0) is 47.9. The third kappa shape index (κ3) is 11.3.